The van der Waals surface area contributed by atoms with Crippen LogP contribution in [-0.2, 0) is 23.2 Å². The van der Waals surface area contributed by atoms with Crippen LogP contribution in [0, 0.1) is 5.92 Å². The SMILES string of the molecule is CC(C)CC(=O)Nc1ccc(NC(=O)Cn2c(=O)n(C)c3ccccc32)cc1. The molecule has 0 fully saturated rings. The molecule has 28 heavy (non-hydrogen) atoms. The van der Waals surface area contributed by atoms with E-state index in [1.807, 2.05) is 38.1 Å². The number of benzene rings is 2. The Morgan fingerprint density at radius 3 is 2.00 bits per heavy atom. The van der Waals surface area contributed by atoms with Crippen LogP contribution in [0.2, 0.25) is 0 Å². The van der Waals surface area contributed by atoms with Gasteiger partial charge >= 0.3 is 5.69 Å². The zero-order chi connectivity index (χ0) is 20.3. The van der Waals surface area contributed by atoms with Gasteiger partial charge in [0.25, 0.3) is 0 Å². The van der Waals surface area contributed by atoms with Crippen LogP contribution >= 0.6 is 0 Å². The van der Waals surface area contributed by atoms with Crippen molar-refractivity contribution in [1.29, 1.82) is 0 Å². The Bertz CT molecular complexity index is 1060. The number of fused-ring (bicyclic) bond motifs is 1. The first-order chi connectivity index (χ1) is 13.3. The molecule has 0 unspecified atom stereocenters. The van der Waals surface area contributed by atoms with Gasteiger partial charge in [-0.05, 0) is 42.3 Å². The van der Waals surface area contributed by atoms with E-state index in [0.717, 1.165) is 5.52 Å². The minimum Gasteiger partial charge on any atom is -0.326 e. The summed E-state index contributed by atoms with van der Waals surface area (Å²) in [7, 11) is 1.69. The van der Waals surface area contributed by atoms with Crippen molar-refractivity contribution in [2.45, 2.75) is 26.8 Å². The van der Waals surface area contributed by atoms with Crippen molar-refractivity contribution in [3.63, 3.8) is 0 Å². The number of aromatic nitrogens is 2. The third-order valence-corrected chi connectivity index (χ3v) is 4.40. The average molecular weight is 380 g/mol. The minimum absolute atomic E-state index is 0.0397. The van der Waals surface area contributed by atoms with Crippen molar-refractivity contribution in [3.8, 4) is 0 Å². The molecule has 2 N–H and O–H groups in total. The number of nitrogens with one attached hydrogen (secondary N) is 2. The summed E-state index contributed by atoms with van der Waals surface area (Å²) in [4.78, 5) is 36.6. The van der Waals surface area contributed by atoms with Gasteiger partial charge in [0, 0.05) is 24.8 Å². The molecular formula is C21H24N4O3. The highest BCUT2D eigenvalue weighted by atomic mass is 16.2. The molecule has 0 aliphatic carbocycles. The zero-order valence-electron chi connectivity index (χ0n) is 16.2. The summed E-state index contributed by atoms with van der Waals surface area (Å²) in [6, 6.07) is 14.3. The highest BCUT2D eigenvalue weighted by Gasteiger charge is 2.13. The van der Waals surface area contributed by atoms with Gasteiger partial charge in [0.05, 0.1) is 11.0 Å². The Balaban J connectivity index is 1.67. The average Bonchev–Trinajstić information content (AvgIpc) is 2.88. The molecule has 1 heterocycles. The number of aryl methyl sites for hydroxylation is 1. The first kappa shape index (κ1) is 19.4. The van der Waals surface area contributed by atoms with Crippen LogP contribution in [0.5, 0.6) is 0 Å². The number of para-hydroxylation sites is 2. The fourth-order valence-corrected chi connectivity index (χ4v) is 3.08. The lowest BCUT2D eigenvalue weighted by Gasteiger charge is -2.09. The summed E-state index contributed by atoms with van der Waals surface area (Å²) in [5.74, 6) is -0.0480. The molecule has 146 valence electrons. The summed E-state index contributed by atoms with van der Waals surface area (Å²) in [6.07, 6.45) is 0.457. The van der Waals surface area contributed by atoms with Crippen molar-refractivity contribution in [3.05, 3.63) is 59.0 Å². The van der Waals surface area contributed by atoms with Crippen molar-refractivity contribution in [1.82, 2.24) is 9.13 Å². The fraction of sp³-hybridized carbons (Fsp3) is 0.286. The second-order valence-electron chi connectivity index (χ2n) is 7.19. The van der Waals surface area contributed by atoms with E-state index in [-0.39, 0.29) is 30.0 Å². The van der Waals surface area contributed by atoms with Gasteiger partial charge < -0.3 is 10.6 Å². The Kier molecular flexibility index (Phi) is 5.63. The number of carbonyl (C=O) groups is 2. The lowest BCUT2D eigenvalue weighted by Crippen LogP contribution is -2.28. The number of hydrogen-bond donors (Lipinski definition) is 2. The van der Waals surface area contributed by atoms with Gasteiger partial charge in [-0.2, -0.15) is 0 Å². The molecule has 7 heteroatoms. The summed E-state index contributed by atoms with van der Waals surface area (Å²) < 4.78 is 2.97. The fourth-order valence-electron chi connectivity index (χ4n) is 3.08. The van der Waals surface area contributed by atoms with Crippen LogP contribution < -0.4 is 16.3 Å². The Labute approximate surface area is 163 Å². The molecule has 0 saturated carbocycles. The summed E-state index contributed by atoms with van der Waals surface area (Å²) >= 11 is 0. The molecule has 0 saturated heterocycles. The molecule has 0 radical (unpaired) electrons. The highest BCUT2D eigenvalue weighted by molar-refractivity contribution is 5.93. The molecule has 7 nitrogen and oxygen atoms in total. The molecule has 0 spiro atoms. The van der Waals surface area contributed by atoms with Crippen LogP contribution in [0.3, 0.4) is 0 Å². The maximum atomic E-state index is 12.4. The first-order valence-corrected chi connectivity index (χ1v) is 9.19. The van der Waals surface area contributed by atoms with E-state index in [2.05, 4.69) is 10.6 Å². The summed E-state index contributed by atoms with van der Waals surface area (Å²) in [6.45, 7) is 3.89. The lowest BCUT2D eigenvalue weighted by molar-refractivity contribution is -0.117. The monoisotopic (exact) mass is 380 g/mol. The molecule has 1 aromatic heterocycles. The predicted molar refractivity (Wildman–Crippen MR) is 110 cm³/mol. The third-order valence-electron chi connectivity index (χ3n) is 4.40. The van der Waals surface area contributed by atoms with E-state index < -0.39 is 0 Å². The van der Waals surface area contributed by atoms with Gasteiger partial charge in [-0.15, -0.1) is 0 Å². The topological polar surface area (TPSA) is 85.1 Å². The molecule has 2 amide bonds. The van der Waals surface area contributed by atoms with Gasteiger partial charge in [-0.1, -0.05) is 26.0 Å². The summed E-state index contributed by atoms with van der Waals surface area (Å²) in [5.41, 5.74) is 2.53. The predicted octanol–water partition coefficient (Wildman–Crippen LogP) is 2.96. The third kappa shape index (κ3) is 4.31. The largest absolute Gasteiger partial charge is 0.329 e. The number of amides is 2. The standard InChI is InChI=1S/C21H24N4O3/c1-14(2)12-19(26)22-15-8-10-16(11-9-15)23-20(27)13-25-18-7-5-4-6-17(18)24(3)21(25)28/h4-11,14H,12-13H2,1-3H3,(H,22,26)(H,23,27). The smallest absolute Gasteiger partial charge is 0.326 e. The molecule has 0 bridgehead atoms. The van der Waals surface area contributed by atoms with Crippen molar-refractivity contribution >= 4 is 34.2 Å². The number of anilines is 2. The maximum Gasteiger partial charge on any atom is 0.329 e. The van der Waals surface area contributed by atoms with E-state index >= 15 is 0 Å². The Hall–Kier alpha value is -3.35. The van der Waals surface area contributed by atoms with E-state index in [4.69, 9.17) is 0 Å². The number of imidazole rings is 1. The minimum atomic E-state index is -0.296. The Morgan fingerprint density at radius 2 is 1.43 bits per heavy atom. The lowest BCUT2D eigenvalue weighted by atomic mass is 10.1. The maximum absolute atomic E-state index is 12.4. The van der Waals surface area contributed by atoms with Crippen LogP contribution in [0.15, 0.2) is 53.3 Å². The molecule has 0 aliphatic rings. The van der Waals surface area contributed by atoms with Crippen LogP contribution in [0.1, 0.15) is 20.3 Å². The van der Waals surface area contributed by atoms with Gasteiger partial charge in [-0.3, -0.25) is 18.7 Å². The van der Waals surface area contributed by atoms with Crippen LogP contribution in [0.25, 0.3) is 11.0 Å². The van der Waals surface area contributed by atoms with E-state index in [9.17, 15) is 14.4 Å². The Morgan fingerprint density at radius 1 is 0.893 bits per heavy atom. The van der Waals surface area contributed by atoms with E-state index in [1.165, 1.54) is 9.13 Å². The molecule has 0 atom stereocenters. The normalized spacial score (nSPS) is 11.0. The van der Waals surface area contributed by atoms with Gasteiger partial charge in [0.15, 0.2) is 0 Å². The van der Waals surface area contributed by atoms with Gasteiger partial charge in [0.1, 0.15) is 6.54 Å². The molecule has 3 aromatic rings. The van der Waals surface area contributed by atoms with Crippen LogP contribution in [0.4, 0.5) is 11.4 Å². The van der Waals surface area contributed by atoms with Gasteiger partial charge in [0.2, 0.25) is 11.8 Å². The molecular weight excluding hydrogens is 356 g/mol. The van der Waals surface area contributed by atoms with Gasteiger partial charge in [-0.25, -0.2) is 4.79 Å². The second-order valence-corrected chi connectivity index (χ2v) is 7.19. The van der Waals surface area contributed by atoms with Crippen molar-refractivity contribution in [2.24, 2.45) is 13.0 Å². The first-order valence-electron chi connectivity index (χ1n) is 9.19. The van der Waals surface area contributed by atoms with E-state index in [0.29, 0.717) is 23.3 Å². The van der Waals surface area contributed by atoms with E-state index in [1.54, 1.807) is 31.3 Å². The summed E-state index contributed by atoms with van der Waals surface area (Å²) in [5, 5.41) is 5.61. The number of rotatable bonds is 6. The molecule has 3 rings (SSSR count). The van der Waals surface area contributed by atoms with Crippen molar-refractivity contribution in [2.75, 3.05) is 10.6 Å². The molecule has 2 aromatic carbocycles. The van der Waals surface area contributed by atoms with Crippen molar-refractivity contribution < 1.29 is 9.59 Å². The van der Waals surface area contributed by atoms with Crippen LogP contribution in [-0.4, -0.2) is 20.9 Å². The quantitative estimate of drug-likeness (QED) is 0.689. The highest BCUT2D eigenvalue weighted by Crippen LogP contribution is 2.15. The molecule has 0 aliphatic heterocycles. The number of hydrogen-bond acceptors (Lipinski definition) is 3. The second kappa shape index (κ2) is 8.12. The zero-order valence-corrected chi connectivity index (χ0v) is 16.2. The number of nitrogens with zero attached hydrogens (tertiary/aromatic N) is 2. The number of carbonyl (C=O) groups excluding carboxylic acids is 2.